The van der Waals surface area contributed by atoms with Crippen molar-refractivity contribution in [1.82, 2.24) is 0 Å². The average molecular weight is 313 g/mol. The van der Waals surface area contributed by atoms with Gasteiger partial charge in [0.05, 0.1) is 5.56 Å². The summed E-state index contributed by atoms with van der Waals surface area (Å²) in [6.45, 7) is 0. The van der Waals surface area contributed by atoms with Crippen LogP contribution in [0.2, 0.25) is 0 Å². The molecule has 2 aromatic carbocycles. The van der Waals surface area contributed by atoms with Crippen LogP contribution >= 0.6 is 15.9 Å². The molecule has 0 bridgehead atoms. The van der Waals surface area contributed by atoms with E-state index in [9.17, 15) is 13.6 Å². The van der Waals surface area contributed by atoms with E-state index in [-0.39, 0.29) is 17.1 Å². The summed E-state index contributed by atoms with van der Waals surface area (Å²) in [4.78, 5) is 10.8. The Hall–Kier alpha value is -1.75. The zero-order valence-electron chi connectivity index (χ0n) is 8.99. The minimum Gasteiger partial charge on any atom is -0.450 e. The van der Waals surface area contributed by atoms with Crippen LogP contribution in [0.5, 0.6) is 11.5 Å². The lowest BCUT2D eigenvalue weighted by atomic mass is 10.2. The van der Waals surface area contributed by atoms with Crippen LogP contribution < -0.4 is 4.74 Å². The molecular weight excluding hydrogens is 306 g/mol. The molecule has 0 atom stereocenters. The first-order chi connectivity index (χ1) is 8.61. The number of benzene rings is 2. The van der Waals surface area contributed by atoms with Gasteiger partial charge in [-0.1, -0.05) is 22.0 Å². The predicted molar refractivity (Wildman–Crippen MR) is 66.0 cm³/mol. The molecule has 0 aliphatic carbocycles. The molecule has 2 aromatic rings. The number of aldehydes is 1. The highest BCUT2D eigenvalue weighted by Gasteiger charge is 2.13. The smallest absolute Gasteiger partial charge is 0.173 e. The SMILES string of the molecule is O=Cc1cccc(F)c1Oc1ccc(Br)cc1F. The summed E-state index contributed by atoms with van der Waals surface area (Å²) in [7, 11) is 0. The molecule has 0 N–H and O–H groups in total. The lowest BCUT2D eigenvalue weighted by Gasteiger charge is -2.09. The number of hydrogen-bond donors (Lipinski definition) is 0. The maximum absolute atomic E-state index is 13.5. The van der Waals surface area contributed by atoms with Crippen LogP contribution in [0.15, 0.2) is 40.9 Å². The summed E-state index contributed by atoms with van der Waals surface area (Å²) in [6, 6.07) is 8.00. The average Bonchev–Trinajstić information content (AvgIpc) is 2.34. The van der Waals surface area contributed by atoms with Gasteiger partial charge in [-0.2, -0.15) is 0 Å². The topological polar surface area (TPSA) is 26.3 Å². The molecule has 92 valence electrons. The standard InChI is InChI=1S/C13H7BrF2O2/c14-9-4-5-12(11(16)6-9)18-13-8(7-17)2-1-3-10(13)15/h1-7H. The van der Waals surface area contributed by atoms with Crippen LogP contribution in [0.4, 0.5) is 8.78 Å². The van der Waals surface area contributed by atoms with Crippen molar-refractivity contribution >= 4 is 22.2 Å². The molecule has 0 aromatic heterocycles. The van der Waals surface area contributed by atoms with Gasteiger partial charge in [0.25, 0.3) is 0 Å². The second-order valence-electron chi connectivity index (χ2n) is 3.45. The van der Waals surface area contributed by atoms with Gasteiger partial charge in [0.15, 0.2) is 29.4 Å². The van der Waals surface area contributed by atoms with E-state index >= 15 is 0 Å². The second kappa shape index (κ2) is 5.27. The predicted octanol–water partition coefficient (Wildman–Crippen LogP) is 4.33. The quantitative estimate of drug-likeness (QED) is 0.788. The van der Waals surface area contributed by atoms with Gasteiger partial charge in [-0.15, -0.1) is 0 Å². The molecule has 0 saturated carbocycles. The molecule has 0 spiro atoms. The van der Waals surface area contributed by atoms with Gasteiger partial charge in [0, 0.05) is 4.47 Å². The second-order valence-corrected chi connectivity index (χ2v) is 4.37. The summed E-state index contributed by atoms with van der Waals surface area (Å²) in [5.41, 5.74) is 0.0253. The minimum atomic E-state index is -0.720. The van der Waals surface area contributed by atoms with Crippen LogP contribution in [0.25, 0.3) is 0 Å². The third-order valence-corrected chi connectivity index (χ3v) is 2.72. The number of ether oxygens (including phenoxy) is 1. The van der Waals surface area contributed by atoms with E-state index < -0.39 is 11.6 Å². The van der Waals surface area contributed by atoms with Gasteiger partial charge >= 0.3 is 0 Å². The zero-order chi connectivity index (χ0) is 13.1. The van der Waals surface area contributed by atoms with Crippen molar-refractivity contribution in [1.29, 1.82) is 0 Å². The largest absolute Gasteiger partial charge is 0.450 e. The van der Waals surface area contributed by atoms with Crippen molar-refractivity contribution in [3.05, 3.63) is 58.1 Å². The van der Waals surface area contributed by atoms with Crippen molar-refractivity contribution in [2.24, 2.45) is 0 Å². The van der Waals surface area contributed by atoms with E-state index in [0.29, 0.717) is 10.8 Å². The van der Waals surface area contributed by atoms with Gasteiger partial charge in [0.2, 0.25) is 0 Å². The zero-order valence-corrected chi connectivity index (χ0v) is 10.6. The van der Waals surface area contributed by atoms with E-state index in [0.717, 1.165) is 6.07 Å². The number of carbonyl (C=O) groups excluding carboxylic acids is 1. The highest BCUT2D eigenvalue weighted by Crippen LogP contribution is 2.30. The number of halogens is 3. The Bertz CT molecular complexity index is 600. The summed E-state index contributed by atoms with van der Waals surface area (Å²) in [5, 5.41) is 0. The fourth-order valence-corrected chi connectivity index (χ4v) is 1.73. The molecule has 5 heteroatoms. The van der Waals surface area contributed by atoms with Crippen molar-refractivity contribution in [3.8, 4) is 11.5 Å². The molecule has 2 nitrogen and oxygen atoms in total. The lowest BCUT2D eigenvalue weighted by molar-refractivity contribution is 0.112. The first kappa shape index (κ1) is 12.7. The highest BCUT2D eigenvalue weighted by atomic mass is 79.9. The molecule has 18 heavy (non-hydrogen) atoms. The van der Waals surface area contributed by atoms with Crippen LogP contribution in [-0.4, -0.2) is 6.29 Å². The molecule has 0 aliphatic heterocycles. The van der Waals surface area contributed by atoms with Crippen LogP contribution in [0.1, 0.15) is 10.4 Å². The van der Waals surface area contributed by atoms with Crippen molar-refractivity contribution < 1.29 is 18.3 Å². The molecular formula is C13H7BrF2O2. The van der Waals surface area contributed by atoms with Crippen LogP contribution in [-0.2, 0) is 0 Å². The van der Waals surface area contributed by atoms with E-state index in [1.165, 1.54) is 24.3 Å². The van der Waals surface area contributed by atoms with E-state index in [1.54, 1.807) is 6.07 Å². The first-order valence-corrected chi connectivity index (χ1v) is 5.77. The first-order valence-electron chi connectivity index (χ1n) is 4.98. The number of para-hydroxylation sites is 1. The van der Waals surface area contributed by atoms with Gasteiger partial charge in [-0.05, 0) is 30.3 Å². The Morgan fingerprint density at radius 3 is 2.56 bits per heavy atom. The van der Waals surface area contributed by atoms with Crippen molar-refractivity contribution in [2.45, 2.75) is 0 Å². The number of hydrogen-bond acceptors (Lipinski definition) is 2. The summed E-state index contributed by atoms with van der Waals surface area (Å²) < 4.78 is 32.7. The molecule has 0 radical (unpaired) electrons. The third kappa shape index (κ3) is 2.56. The maximum Gasteiger partial charge on any atom is 0.173 e. The summed E-state index contributed by atoms with van der Waals surface area (Å²) >= 11 is 3.10. The van der Waals surface area contributed by atoms with Crippen molar-refractivity contribution in [2.75, 3.05) is 0 Å². The van der Waals surface area contributed by atoms with Gasteiger partial charge in [-0.3, -0.25) is 4.79 Å². The molecule has 0 amide bonds. The van der Waals surface area contributed by atoms with Crippen LogP contribution in [0, 0.1) is 11.6 Å². The fourth-order valence-electron chi connectivity index (χ4n) is 1.39. The maximum atomic E-state index is 13.5. The van der Waals surface area contributed by atoms with Gasteiger partial charge in [-0.25, -0.2) is 8.78 Å². The molecule has 0 aliphatic rings. The molecule has 0 unspecified atom stereocenters. The Morgan fingerprint density at radius 1 is 1.11 bits per heavy atom. The number of carbonyl (C=O) groups is 1. The van der Waals surface area contributed by atoms with Crippen LogP contribution in [0.3, 0.4) is 0 Å². The highest BCUT2D eigenvalue weighted by molar-refractivity contribution is 9.10. The summed E-state index contributed by atoms with van der Waals surface area (Å²) in [6.07, 6.45) is 0.454. The number of rotatable bonds is 3. The Labute approximate surface area is 110 Å². The molecule has 2 rings (SSSR count). The Morgan fingerprint density at radius 2 is 1.89 bits per heavy atom. The normalized spacial score (nSPS) is 10.2. The van der Waals surface area contributed by atoms with E-state index in [2.05, 4.69) is 15.9 Å². The fraction of sp³-hybridized carbons (Fsp3) is 0. The molecule has 0 saturated heterocycles. The summed E-state index contributed by atoms with van der Waals surface area (Å²) in [5.74, 6) is -1.80. The van der Waals surface area contributed by atoms with E-state index in [4.69, 9.17) is 4.74 Å². The monoisotopic (exact) mass is 312 g/mol. The van der Waals surface area contributed by atoms with E-state index in [1.807, 2.05) is 0 Å². The molecule has 0 fully saturated rings. The molecule has 0 heterocycles. The Kier molecular flexibility index (Phi) is 3.72. The van der Waals surface area contributed by atoms with Crippen molar-refractivity contribution in [3.63, 3.8) is 0 Å². The van der Waals surface area contributed by atoms with Gasteiger partial charge < -0.3 is 4.74 Å². The third-order valence-electron chi connectivity index (χ3n) is 2.23. The lowest BCUT2D eigenvalue weighted by Crippen LogP contribution is -1.95. The Balaban J connectivity index is 2.42. The minimum absolute atomic E-state index is 0.0253. The van der Waals surface area contributed by atoms with Gasteiger partial charge in [0.1, 0.15) is 0 Å².